The van der Waals surface area contributed by atoms with Gasteiger partial charge in [-0.15, -0.1) is 0 Å². The Hall–Kier alpha value is -4.46. The zero-order valence-electron chi connectivity index (χ0n) is 20.9. The molecule has 0 unspecified atom stereocenters. The van der Waals surface area contributed by atoms with Crippen molar-refractivity contribution in [1.29, 1.82) is 0 Å². The third-order valence-electron chi connectivity index (χ3n) is 5.94. The lowest BCUT2D eigenvalue weighted by Gasteiger charge is -2.25. The van der Waals surface area contributed by atoms with Gasteiger partial charge in [-0.1, -0.05) is 24.3 Å². The highest BCUT2D eigenvalue weighted by atomic mass is 16.5. The number of aromatic amines is 1. The maximum absolute atomic E-state index is 14.0. The monoisotopic (exact) mass is 488 g/mol. The Balaban J connectivity index is 1.86. The predicted molar refractivity (Wildman–Crippen MR) is 139 cm³/mol. The van der Waals surface area contributed by atoms with Crippen LogP contribution < -0.4 is 29.4 Å². The smallest absolute Gasteiger partial charge is 0.258 e. The van der Waals surface area contributed by atoms with Gasteiger partial charge in [-0.25, -0.2) is 0 Å². The molecule has 4 aromatic rings. The summed E-state index contributed by atoms with van der Waals surface area (Å²) in [5, 5.41) is 0.871. The van der Waals surface area contributed by atoms with E-state index in [-0.39, 0.29) is 18.0 Å². The van der Waals surface area contributed by atoms with Crippen molar-refractivity contribution >= 4 is 22.5 Å². The van der Waals surface area contributed by atoms with Gasteiger partial charge < -0.3 is 28.8 Å². The normalized spacial score (nSPS) is 10.7. The Kier molecular flexibility index (Phi) is 7.15. The fourth-order valence-electron chi connectivity index (χ4n) is 4.13. The number of benzene rings is 3. The molecule has 36 heavy (non-hydrogen) atoms. The van der Waals surface area contributed by atoms with Crippen LogP contribution in [-0.4, -0.2) is 39.3 Å². The van der Waals surface area contributed by atoms with Crippen molar-refractivity contribution in [1.82, 2.24) is 4.98 Å². The molecule has 1 heterocycles. The third kappa shape index (κ3) is 4.70. The summed E-state index contributed by atoms with van der Waals surface area (Å²) in [6, 6.07) is 18.0. The number of H-pyrrole nitrogens is 1. The zero-order chi connectivity index (χ0) is 25.8. The Morgan fingerprint density at radius 2 is 1.50 bits per heavy atom. The van der Waals surface area contributed by atoms with E-state index >= 15 is 0 Å². The lowest BCUT2D eigenvalue weighted by atomic mass is 10.1. The fraction of sp³-hybridized carbons (Fsp3) is 0.214. The number of methoxy groups -OCH3 is 4. The first-order valence-corrected chi connectivity index (χ1v) is 11.3. The van der Waals surface area contributed by atoms with E-state index in [9.17, 15) is 9.59 Å². The maximum Gasteiger partial charge on any atom is 0.258 e. The van der Waals surface area contributed by atoms with Crippen molar-refractivity contribution in [3.63, 3.8) is 0 Å². The standard InChI is InChI=1S/C28H28N2O6/c1-17-10-11-18-13-20(27(31)29-21(18)12-17)16-30(22-8-6-7-9-23(22)33-2)28(32)19-14-24(34-3)26(36-5)25(15-19)35-4/h6-15H,16H2,1-5H3,(H,29,31). The van der Waals surface area contributed by atoms with Crippen molar-refractivity contribution in [2.45, 2.75) is 13.5 Å². The molecular weight excluding hydrogens is 460 g/mol. The second-order valence-corrected chi connectivity index (χ2v) is 8.19. The summed E-state index contributed by atoms with van der Waals surface area (Å²) >= 11 is 0. The average Bonchev–Trinajstić information content (AvgIpc) is 2.90. The quantitative estimate of drug-likeness (QED) is 0.386. The van der Waals surface area contributed by atoms with E-state index in [0.717, 1.165) is 16.5 Å². The minimum atomic E-state index is -0.373. The number of aromatic nitrogens is 1. The van der Waals surface area contributed by atoms with Crippen LogP contribution in [0.3, 0.4) is 0 Å². The minimum absolute atomic E-state index is 0.00895. The second kappa shape index (κ2) is 10.4. The van der Waals surface area contributed by atoms with Crippen molar-refractivity contribution in [2.75, 3.05) is 33.3 Å². The molecule has 0 fully saturated rings. The first kappa shape index (κ1) is 24.7. The molecule has 0 aliphatic rings. The number of para-hydroxylation sites is 2. The van der Waals surface area contributed by atoms with E-state index in [1.165, 1.54) is 33.3 Å². The third-order valence-corrected chi connectivity index (χ3v) is 5.94. The molecule has 0 saturated heterocycles. The highest BCUT2D eigenvalue weighted by Gasteiger charge is 2.25. The van der Waals surface area contributed by atoms with E-state index in [2.05, 4.69) is 4.98 Å². The molecule has 0 radical (unpaired) electrons. The molecule has 1 N–H and O–H groups in total. The number of amides is 1. The number of carbonyl (C=O) groups is 1. The SMILES string of the molecule is COc1ccccc1N(Cc1cc2ccc(C)cc2[nH]c1=O)C(=O)c1cc(OC)c(OC)c(OC)c1. The number of carbonyl (C=O) groups excluding carboxylic acids is 1. The van der Waals surface area contributed by atoms with Crippen LogP contribution in [0.5, 0.6) is 23.0 Å². The molecule has 0 bridgehead atoms. The number of nitrogens with one attached hydrogen (secondary N) is 1. The number of pyridine rings is 1. The number of anilines is 1. The fourth-order valence-corrected chi connectivity index (χ4v) is 4.13. The van der Waals surface area contributed by atoms with Gasteiger partial charge in [0, 0.05) is 16.6 Å². The molecule has 0 spiro atoms. The summed E-state index contributed by atoms with van der Waals surface area (Å²) < 4.78 is 21.8. The van der Waals surface area contributed by atoms with Gasteiger partial charge >= 0.3 is 0 Å². The maximum atomic E-state index is 14.0. The summed E-state index contributed by atoms with van der Waals surface area (Å²) in [5.74, 6) is 1.19. The molecule has 0 aliphatic carbocycles. The van der Waals surface area contributed by atoms with Gasteiger partial charge in [-0.3, -0.25) is 9.59 Å². The molecule has 1 amide bonds. The van der Waals surface area contributed by atoms with Crippen LogP contribution in [0.15, 0.2) is 65.5 Å². The van der Waals surface area contributed by atoms with Crippen molar-refractivity contribution in [3.05, 3.63) is 87.7 Å². The van der Waals surface area contributed by atoms with Crippen LogP contribution in [-0.2, 0) is 6.54 Å². The van der Waals surface area contributed by atoms with E-state index in [4.69, 9.17) is 18.9 Å². The van der Waals surface area contributed by atoms with Crippen molar-refractivity contribution < 1.29 is 23.7 Å². The van der Waals surface area contributed by atoms with Crippen LogP contribution in [0.4, 0.5) is 5.69 Å². The molecule has 0 atom stereocenters. The van der Waals surface area contributed by atoms with Crippen molar-refractivity contribution in [2.24, 2.45) is 0 Å². The molecule has 0 aliphatic heterocycles. The summed E-state index contributed by atoms with van der Waals surface area (Å²) in [5.41, 5.74) is 2.75. The van der Waals surface area contributed by atoms with Crippen LogP contribution in [0.2, 0.25) is 0 Å². The minimum Gasteiger partial charge on any atom is -0.495 e. The average molecular weight is 489 g/mol. The number of hydrogen-bond acceptors (Lipinski definition) is 6. The summed E-state index contributed by atoms with van der Waals surface area (Å²) in [4.78, 5) is 31.4. The first-order valence-electron chi connectivity index (χ1n) is 11.3. The van der Waals surface area contributed by atoms with Gasteiger partial charge in [-0.2, -0.15) is 0 Å². The zero-order valence-corrected chi connectivity index (χ0v) is 20.9. The van der Waals surface area contributed by atoms with Crippen LogP contribution in [0, 0.1) is 6.92 Å². The topological polar surface area (TPSA) is 90.1 Å². The summed E-state index contributed by atoms with van der Waals surface area (Å²) in [6.07, 6.45) is 0. The van der Waals surface area contributed by atoms with E-state index < -0.39 is 0 Å². The molecule has 8 heteroatoms. The lowest BCUT2D eigenvalue weighted by Crippen LogP contribution is -2.33. The van der Waals surface area contributed by atoms with Gasteiger partial charge in [0.05, 0.1) is 40.7 Å². The Morgan fingerprint density at radius 3 is 2.14 bits per heavy atom. The van der Waals surface area contributed by atoms with Gasteiger partial charge in [-0.05, 0) is 54.3 Å². The second-order valence-electron chi connectivity index (χ2n) is 8.19. The molecule has 8 nitrogen and oxygen atoms in total. The van der Waals surface area contributed by atoms with Gasteiger partial charge in [0.1, 0.15) is 5.75 Å². The highest BCUT2D eigenvalue weighted by Crippen LogP contribution is 2.39. The molecule has 3 aromatic carbocycles. The number of fused-ring (bicyclic) bond motifs is 1. The molecule has 0 saturated carbocycles. The van der Waals surface area contributed by atoms with Crippen LogP contribution in [0.1, 0.15) is 21.5 Å². The number of nitrogens with zero attached hydrogens (tertiary/aromatic N) is 1. The highest BCUT2D eigenvalue weighted by molar-refractivity contribution is 6.07. The van der Waals surface area contributed by atoms with Crippen molar-refractivity contribution in [3.8, 4) is 23.0 Å². The number of aryl methyl sites for hydroxylation is 1. The van der Waals surface area contributed by atoms with Gasteiger partial charge in [0.2, 0.25) is 5.75 Å². The number of rotatable bonds is 8. The van der Waals surface area contributed by atoms with E-state index in [1.54, 1.807) is 36.4 Å². The molecular formula is C28H28N2O6. The Labute approximate surface area is 209 Å². The lowest BCUT2D eigenvalue weighted by molar-refractivity contribution is 0.0983. The van der Waals surface area contributed by atoms with Crippen LogP contribution in [0.25, 0.3) is 10.9 Å². The Morgan fingerprint density at radius 1 is 0.833 bits per heavy atom. The largest absolute Gasteiger partial charge is 0.495 e. The summed E-state index contributed by atoms with van der Waals surface area (Å²) in [6.45, 7) is 1.97. The van der Waals surface area contributed by atoms with E-state index in [1.807, 2.05) is 31.2 Å². The molecule has 186 valence electrons. The molecule has 1 aromatic heterocycles. The van der Waals surface area contributed by atoms with E-state index in [0.29, 0.717) is 39.8 Å². The van der Waals surface area contributed by atoms with Gasteiger partial charge in [0.15, 0.2) is 11.5 Å². The molecule has 4 rings (SSSR count). The van der Waals surface area contributed by atoms with Gasteiger partial charge in [0.25, 0.3) is 11.5 Å². The van der Waals surface area contributed by atoms with Crippen LogP contribution >= 0.6 is 0 Å². The number of ether oxygens (including phenoxy) is 4. The Bertz CT molecular complexity index is 1450. The number of hydrogen-bond donors (Lipinski definition) is 1. The first-order chi connectivity index (χ1) is 17.4. The predicted octanol–water partition coefficient (Wildman–Crippen LogP) is 4.72. The summed E-state index contributed by atoms with van der Waals surface area (Å²) in [7, 11) is 6.00.